The number of nitrogens with one attached hydrogen (secondary N) is 1. The van der Waals surface area contributed by atoms with Gasteiger partial charge in [0.1, 0.15) is 12.1 Å². The van der Waals surface area contributed by atoms with Crippen molar-refractivity contribution in [3.05, 3.63) is 18.1 Å². The molecule has 1 aromatic heterocycles. The van der Waals surface area contributed by atoms with E-state index < -0.39 is 0 Å². The fourth-order valence-corrected chi connectivity index (χ4v) is 2.35. The second-order valence-electron chi connectivity index (χ2n) is 4.76. The van der Waals surface area contributed by atoms with E-state index in [-0.39, 0.29) is 12.0 Å². The van der Waals surface area contributed by atoms with Crippen LogP contribution in [-0.2, 0) is 0 Å². The van der Waals surface area contributed by atoms with Gasteiger partial charge in [-0.2, -0.15) is 0 Å². The number of hydrogen-bond donors (Lipinski definition) is 2. The largest absolute Gasteiger partial charge is 0.396 e. The van der Waals surface area contributed by atoms with E-state index in [1.54, 1.807) is 6.33 Å². The molecule has 0 atom stereocenters. The van der Waals surface area contributed by atoms with Crippen LogP contribution in [0.25, 0.3) is 0 Å². The third kappa shape index (κ3) is 2.50. The highest BCUT2D eigenvalue weighted by Gasteiger charge is 2.32. The lowest BCUT2D eigenvalue weighted by Crippen LogP contribution is -2.30. The van der Waals surface area contributed by atoms with Crippen LogP contribution < -0.4 is 5.32 Å². The quantitative estimate of drug-likeness (QED) is 0.813. The normalized spacial score (nSPS) is 18.6. The average Bonchev–Trinajstić information content (AvgIpc) is 2.76. The number of aliphatic hydroxyl groups excluding tert-OH is 1. The minimum atomic E-state index is 0.0683. The summed E-state index contributed by atoms with van der Waals surface area (Å²) in [5.74, 6) is 0.854. The Morgan fingerprint density at radius 2 is 2.12 bits per heavy atom. The summed E-state index contributed by atoms with van der Waals surface area (Å²) >= 11 is 0. The molecule has 2 rings (SSSR count). The molecule has 1 saturated carbocycles. The summed E-state index contributed by atoms with van der Waals surface area (Å²) in [6.07, 6.45) is 6.25. The van der Waals surface area contributed by atoms with Gasteiger partial charge in [0.2, 0.25) is 0 Å². The molecule has 88 valence electrons. The van der Waals surface area contributed by atoms with E-state index in [1.807, 2.05) is 13.0 Å². The van der Waals surface area contributed by atoms with Crippen molar-refractivity contribution in [3.63, 3.8) is 0 Å². The van der Waals surface area contributed by atoms with E-state index in [0.717, 1.165) is 30.9 Å². The summed E-state index contributed by atoms with van der Waals surface area (Å²) < 4.78 is 0. The molecule has 4 nitrogen and oxygen atoms in total. The first kappa shape index (κ1) is 11.3. The van der Waals surface area contributed by atoms with Crippen molar-refractivity contribution in [2.24, 2.45) is 5.41 Å². The molecule has 0 unspecified atom stereocenters. The van der Waals surface area contributed by atoms with Crippen LogP contribution >= 0.6 is 0 Å². The highest BCUT2D eigenvalue weighted by molar-refractivity contribution is 5.34. The van der Waals surface area contributed by atoms with Crippen LogP contribution in [0.4, 0.5) is 5.82 Å². The number of aryl methyl sites for hydroxylation is 1. The number of aliphatic hydroxyl groups is 1. The van der Waals surface area contributed by atoms with E-state index >= 15 is 0 Å². The van der Waals surface area contributed by atoms with Gasteiger partial charge in [0.05, 0.1) is 6.61 Å². The Balaban J connectivity index is 1.95. The van der Waals surface area contributed by atoms with Crippen LogP contribution in [0.3, 0.4) is 0 Å². The predicted molar refractivity (Wildman–Crippen MR) is 63.2 cm³/mol. The van der Waals surface area contributed by atoms with Crippen LogP contribution in [-0.4, -0.2) is 28.2 Å². The summed E-state index contributed by atoms with van der Waals surface area (Å²) in [5, 5.41) is 12.8. The molecule has 0 bridgehead atoms. The molecule has 0 aliphatic heterocycles. The Hall–Kier alpha value is -1.16. The maximum atomic E-state index is 9.48. The highest BCUT2D eigenvalue weighted by Crippen LogP contribution is 2.37. The lowest BCUT2D eigenvalue weighted by molar-refractivity contribution is 0.142. The van der Waals surface area contributed by atoms with E-state index in [2.05, 4.69) is 15.3 Å². The zero-order valence-corrected chi connectivity index (χ0v) is 9.74. The smallest absolute Gasteiger partial charge is 0.129 e. The van der Waals surface area contributed by atoms with Crippen molar-refractivity contribution < 1.29 is 5.11 Å². The SMILES string of the molecule is Cc1cc(NCC2(CO)CCCC2)ncn1. The van der Waals surface area contributed by atoms with Gasteiger partial charge in [-0.05, 0) is 19.8 Å². The van der Waals surface area contributed by atoms with E-state index in [0.29, 0.717) is 0 Å². The van der Waals surface area contributed by atoms with Gasteiger partial charge in [-0.25, -0.2) is 9.97 Å². The topological polar surface area (TPSA) is 58.0 Å². The molecule has 0 amide bonds. The molecule has 1 aliphatic rings. The highest BCUT2D eigenvalue weighted by atomic mass is 16.3. The van der Waals surface area contributed by atoms with E-state index in [9.17, 15) is 5.11 Å². The second kappa shape index (κ2) is 4.78. The summed E-state index contributed by atoms with van der Waals surface area (Å²) in [5.41, 5.74) is 1.03. The molecule has 1 fully saturated rings. The molecular weight excluding hydrogens is 202 g/mol. The Morgan fingerprint density at radius 1 is 1.38 bits per heavy atom. The first-order valence-corrected chi connectivity index (χ1v) is 5.87. The van der Waals surface area contributed by atoms with Crippen molar-refractivity contribution in [1.82, 2.24) is 9.97 Å². The number of nitrogens with zero attached hydrogens (tertiary/aromatic N) is 2. The Morgan fingerprint density at radius 3 is 2.75 bits per heavy atom. The average molecular weight is 221 g/mol. The zero-order chi connectivity index (χ0) is 11.4. The van der Waals surface area contributed by atoms with Gasteiger partial charge in [-0.15, -0.1) is 0 Å². The first-order valence-electron chi connectivity index (χ1n) is 5.87. The van der Waals surface area contributed by atoms with Gasteiger partial charge in [0.15, 0.2) is 0 Å². The monoisotopic (exact) mass is 221 g/mol. The summed E-state index contributed by atoms with van der Waals surface area (Å²) in [6, 6.07) is 1.93. The Kier molecular flexibility index (Phi) is 3.39. The van der Waals surface area contributed by atoms with Crippen LogP contribution in [0.5, 0.6) is 0 Å². The minimum absolute atomic E-state index is 0.0683. The number of anilines is 1. The Bertz CT molecular complexity index is 348. The molecule has 4 heteroatoms. The zero-order valence-electron chi connectivity index (χ0n) is 9.74. The molecule has 1 aromatic rings. The molecule has 1 heterocycles. The predicted octanol–water partition coefficient (Wildman–Crippen LogP) is 1.75. The Labute approximate surface area is 96.1 Å². The van der Waals surface area contributed by atoms with Gasteiger partial charge in [-0.3, -0.25) is 0 Å². The standard InChI is InChI=1S/C12H19N3O/c1-10-6-11(15-9-14-10)13-7-12(8-16)4-2-3-5-12/h6,9,16H,2-5,7-8H2,1H3,(H,13,14,15). The molecule has 16 heavy (non-hydrogen) atoms. The summed E-state index contributed by atoms with van der Waals surface area (Å²) in [7, 11) is 0. The van der Waals surface area contributed by atoms with Gasteiger partial charge < -0.3 is 10.4 Å². The minimum Gasteiger partial charge on any atom is -0.396 e. The number of rotatable bonds is 4. The van der Waals surface area contributed by atoms with Crippen molar-refractivity contribution in [1.29, 1.82) is 0 Å². The van der Waals surface area contributed by atoms with Crippen LogP contribution in [0.15, 0.2) is 12.4 Å². The third-order valence-electron chi connectivity index (χ3n) is 3.45. The van der Waals surface area contributed by atoms with Crippen molar-refractivity contribution in [3.8, 4) is 0 Å². The molecule has 0 spiro atoms. The summed E-state index contributed by atoms with van der Waals surface area (Å²) in [4.78, 5) is 8.22. The molecule has 0 aromatic carbocycles. The third-order valence-corrected chi connectivity index (χ3v) is 3.45. The van der Waals surface area contributed by atoms with Gasteiger partial charge in [0.25, 0.3) is 0 Å². The maximum Gasteiger partial charge on any atom is 0.129 e. The molecular formula is C12H19N3O. The summed E-state index contributed by atoms with van der Waals surface area (Å²) in [6.45, 7) is 3.02. The fourth-order valence-electron chi connectivity index (χ4n) is 2.35. The fraction of sp³-hybridized carbons (Fsp3) is 0.667. The van der Waals surface area contributed by atoms with Crippen molar-refractivity contribution in [2.45, 2.75) is 32.6 Å². The molecule has 1 aliphatic carbocycles. The van der Waals surface area contributed by atoms with Gasteiger partial charge in [0, 0.05) is 23.7 Å². The molecule has 0 saturated heterocycles. The second-order valence-corrected chi connectivity index (χ2v) is 4.76. The van der Waals surface area contributed by atoms with Crippen LogP contribution in [0.2, 0.25) is 0 Å². The van der Waals surface area contributed by atoms with Crippen LogP contribution in [0, 0.1) is 12.3 Å². The van der Waals surface area contributed by atoms with Gasteiger partial charge in [-0.1, -0.05) is 12.8 Å². The van der Waals surface area contributed by atoms with Crippen molar-refractivity contribution in [2.75, 3.05) is 18.5 Å². The van der Waals surface area contributed by atoms with Gasteiger partial charge >= 0.3 is 0 Å². The first-order chi connectivity index (χ1) is 7.74. The van der Waals surface area contributed by atoms with E-state index in [1.165, 1.54) is 12.8 Å². The number of aromatic nitrogens is 2. The lowest BCUT2D eigenvalue weighted by atomic mass is 9.87. The maximum absolute atomic E-state index is 9.48. The number of hydrogen-bond acceptors (Lipinski definition) is 4. The van der Waals surface area contributed by atoms with Crippen molar-refractivity contribution >= 4 is 5.82 Å². The van der Waals surface area contributed by atoms with E-state index in [4.69, 9.17) is 0 Å². The van der Waals surface area contributed by atoms with Crippen LogP contribution in [0.1, 0.15) is 31.4 Å². The molecule has 0 radical (unpaired) electrons. The molecule has 2 N–H and O–H groups in total. The lowest BCUT2D eigenvalue weighted by Gasteiger charge is -2.26.